The van der Waals surface area contributed by atoms with Gasteiger partial charge in [0, 0.05) is 18.2 Å². The lowest BCUT2D eigenvalue weighted by atomic mass is 10.1. The summed E-state index contributed by atoms with van der Waals surface area (Å²) < 4.78 is 28.9. The third kappa shape index (κ3) is 3.78. The molecule has 1 aliphatic carbocycles. The minimum absolute atomic E-state index is 0.0657. The van der Waals surface area contributed by atoms with Gasteiger partial charge < -0.3 is 15.0 Å². The first-order chi connectivity index (χ1) is 11.0. The van der Waals surface area contributed by atoms with Crippen molar-refractivity contribution < 1.29 is 23.1 Å². The summed E-state index contributed by atoms with van der Waals surface area (Å²) >= 11 is 0. The molecule has 2 aliphatic rings. The van der Waals surface area contributed by atoms with E-state index in [1.54, 1.807) is 0 Å². The number of halogens is 2. The third-order valence-electron chi connectivity index (χ3n) is 4.05. The van der Waals surface area contributed by atoms with Gasteiger partial charge in [-0.3, -0.25) is 9.59 Å². The number of amides is 2. The van der Waals surface area contributed by atoms with Crippen LogP contribution in [0.15, 0.2) is 24.3 Å². The monoisotopic (exact) mass is 324 g/mol. The van der Waals surface area contributed by atoms with Crippen molar-refractivity contribution in [2.75, 3.05) is 6.54 Å². The van der Waals surface area contributed by atoms with Gasteiger partial charge in [-0.1, -0.05) is 6.07 Å². The molecule has 1 atom stereocenters. The van der Waals surface area contributed by atoms with Gasteiger partial charge in [-0.25, -0.2) is 0 Å². The summed E-state index contributed by atoms with van der Waals surface area (Å²) in [5.74, 6) is -0.527. The average Bonchev–Trinajstić information content (AvgIpc) is 3.18. The van der Waals surface area contributed by atoms with E-state index in [9.17, 15) is 18.4 Å². The van der Waals surface area contributed by atoms with Gasteiger partial charge in [0.15, 0.2) is 0 Å². The summed E-state index contributed by atoms with van der Waals surface area (Å²) in [4.78, 5) is 26.3. The number of carbonyl (C=O) groups excluding carboxylic acids is 2. The normalized spacial score (nSPS) is 20.7. The number of hydrogen-bond acceptors (Lipinski definition) is 3. The molecule has 1 heterocycles. The fourth-order valence-corrected chi connectivity index (χ4v) is 2.78. The third-order valence-corrected chi connectivity index (χ3v) is 4.05. The fourth-order valence-electron chi connectivity index (χ4n) is 2.78. The molecule has 7 heteroatoms. The molecule has 0 radical (unpaired) electrons. The molecule has 1 saturated heterocycles. The Morgan fingerprint density at radius 1 is 1.26 bits per heavy atom. The second kappa shape index (κ2) is 6.52. The van der Waals surface area contributed by atoms with Crippen LogP contribution in [0.5, 0.6) is 5.75 Å². The van der Waals surface area contributed by atoms with Gasteiger partial charge in [-0.15, -0.1) is 0 Å². The van der Waals surface area contributed by atoms with Gasteiger partial charge in [-0.05, 0) is 43.9 Å². The van der Waals surface area contributed by atoms with E-state index in [-0.39, 0.29) is 29.2 Å². The van der Waals surface area contributed by atoms with Gasteiger partial charge in [0.2, 0.25) is 5.91 Å². The number of carbonyl (C=O) groups is 2. The van der Waals surface area contributed by atoms with Crippen molar-refractivity contribution in [2.45, 2.75) is 44.4 Å². The summed E-state index contributed by atoms with van der Waals surface area (Å²) in [5, 5.41) is 2.91. The van der Waals surface area contributed by atoms with Crippen molar-refractivity contribution in [3.8, 4) is 5.75 Å². The van der Waals surface area contributed by atoms with Crippen molar-refractivity contribution in [3.63, 3.8) is 0 Å². The van der Waals surface area contributed by atoms with Crippen LogP contribution in [0.2, 0.25) is 0 Å². The van der Waals surface area contributed by atoms with Gasteiger partial charge in [0.1, 0.15) is 11.8 Å². The number of likely N-dealkylation sites (tertiary alicyclic amines) is 1. The van der Waals surface area contributed by atoms with E-state index in [0.29, 0.717) is 13.0 Å². The quantitative estimate of drug-likeness (QED) is 0.903. The Bertz CT molecular complexity index is 605. The Labute approximate surface area is 132 Å². The molecule has 2 amide bonds. The highest BCUT2D eigenvalue weighted by Gasteiger charge is 2.36. The van der Waals surface area contributed by atoms with Crippen LogP contribution in [-0.4, -0.2) is 42.0 Å². The predicted molar refractivity (Wildman–Crippen MR) is 78.3 cm³/mol. The number of nitrogens with one attached hydrogen (secondary N) is 1. The SMILES string of the molecule is O=C(NC1CC1)C1CCCN1C(=O)c1cccc(OC(F)F)c1. The average molecular weight is 324 g/mol. The maximum absolute atomic E-state index is 12.6. The molecule has 5 nitrogen and oxygen atoms in total. The second-order valence-corrected chi connectivity index (χ2v) is 5.85. The Morgan fingerprint density at radius 2 is 2.04 bits per heavy atom. The highest BCUT2D eigenvalue weighted by Crippen LogP contribution is 2.25. The lowest BCUT2D eigenvalue weighted by Gasteiger charge is -2.24. The minimum Gasteiger partial charge on any atom is -0.435 e. The lowest BCUT2D eigenvalue weighted by Crippen LogP contribution is -2.46. The van der Waals surface area contributed by atoms with Crippen LogP contribution in [0.25, 0.3) is 0 Å². The van der Waals surface area contributed by atoms with Crippen LogP contribution in [0, 0.1) is 0 Å². The number of ether oxygens (including phenoxy) is 1. The van der Waals surface area contributed by atoms with Gasteiger partial charge in [0.25, 0.3) is 5.91 Å². The summed E-state index contributed by atoms with van der Waals surface area (Å²) in [6.07, 6.45) is 3.35. The molecule has 1 aliphatic heterocycles. The molecule has 1 N–H and O–H groups in total. The Balaban J connectivity index is 1.71. The smallest absolute Gasteiger partial charge is 0.387 e. The maximum atomic E-state index is 12.6. The number of nitrogens with zero attached hydrogens (tertiary/aromatic N) is 1. The summed E-state index contributed by atoms with van der Waals surface area (Å²) in [7, 11) is 0. The van der Waals surface area contributed by atoms with E-state index >= 15 is 0 Å². The van der Waals surface area contributed by atoms with Crippen LogP contribution < -0.4 is 10.1 Å². The molecule has 1 aromatic rings. The number of rotatable bonds is 5. The van der Waals surface area contributed by atoms with E-state index in [0.717, 1.165) is 19.3 Å². The molecule has 1 unspecified atom stereocenters. The highest BCUT2D eigenvalue weighted by atomic mass is 19.3. The largest absolute Gasteiger partial charge is 0.435 e. The van der Waals surface area contributed by atoms with Crippen molar-refractivity contribution in [3.05, 3.63) is 29.8 Å². The van der Waals surface area contributed by atoms with Gasteiger partial charge in [0.05, 0.1) is 0 Å². The fraction of sp³-hybridized carbons (Fsp3) is 0.500. The molecule has 0 spiro atoms. The first-order valence-corrected chi connectivity index (χ1v) is 7.71. The summed E-state index contributed by atoms with van der Waals surface area (Å²) in [5.41, 5.74) is 0.245. The Hall–Kier alpha value is -2.18. The molecule has 1 saturated carbocycles. The van der Waals surface area contributed by atoms with Crippen molar-refractivity contribution >= 4 is 11.8 Å². The van der Waals surface area contributed by atoms with Crippen molar-refractivity contribution in [2.24, 2.45) is 0 Å². The van der Waals surface area contributed by atoms with E-state index < -0.39 is 12.7 Å². The number of hydrogen-bond donors (Lipinski definition) is 1. The first kappa shape index (κ1) is 15.7. The van der Waals surface area contributed by atoms with Crippen LogP contribution in [0.1, 0.15) is 36.0 Å². The molecule has 0 aromatic heterocycles. The Morgan fingerprint density at radius 3 is 2.74 bits per heavy atom. The summed E-state index contributed by atoms with van der Waals surface area (Å²) in [6.45, 7) is -2.45. The van der Waals surface area contributed by atoms with Gasteiger partial charge >= 0.3 is 6.61 Å². The van der Waals surface area contributed by atoms with E-state index in [4.69, 9.17) is 0 Å². The lowest BCUT2D eigenvalue weighted by molar-refractivity contribution is -0.125. The van der Waals surface area contributed by atoms with Crippen LogP contribution in [-0.2, 0) is 4.79 Å². The molecular formula is C16H18F2N2O3. The zero-order valence-electron chi connectivity index (χ0n) is 12.5. The van der Waals surface area contributed by atoms with Crippen LogP contribution in [0.4, 0.5) is 8.78 Å². The molecule has 3 rings (SSSR count). The zero-order valence-corrected chi connectivity index (χ0v) is 12.5. The molecule has 0 bridgehead atoms. The molecule has 124 valence electrons. The van der Waals surface area contributed by atoms with Crippen LogP contribution >= 0.6 is 0 Å². The van der Waals surface area contributed by atoms with Gasteiger partial charge in [-0.2, -0.15) is 8.78 Å². The van der Waals surface area contributed by atoms with Crippen molar-refractivity contribution in [1.82, 2.24) is 10.2 Å². The topological polar surface area (TPSA) is 58.6 Å². The van der Waals surface area contributed by atoms with Crippen molar-refractivity contribution in [1.29, 1.82) is 0 Å². The minimum atomic E-state index is -2.94. The second-order valence-electron chi connectivity index (χ2n) is 5.85. The first-order valence-electron chi connectivity index (χ1n) is 7.71. The molecule has 2 fully saturated rings. The maximum Gasteiger partial charge on any atom is 0.387 e. The standard InChI is InChI=1S/C16H18F2N2O3/c17-16(18)23-12-4-1-3-10(9-12)15(22)20-8-2-5-13(20)14(21)19-11-6-7-11/h1,3-4,9,11,13,16H,2,5-8H2,(H,19,21). The number of alkyl halides is 2. The molecule has 23 heavy (non-hydrogen) atoms. The molecule has 1 aromatic carbocycles. The number of benzene rings is 1. The Kier molecular flexibility index (Phi) is 4.45. The van der Waals surface area contributed by atoms with E-state index in [1.807, 2.05) is 0 Å². The van der Waals surface area contributed by atoms with E-state index in [2.05, 4.69) is 10.1 Å². The highest BCUT2D eigenvalue weighted by molar-refractivity contribution is 5.98. The zero-order chi connectivity index (χ0) is 16.4. The molecular weight excluding hydrogens is 306 g/mol. The summed E-state index contributed by atoms with van der Waals surface area (Å²) in [6, 6.07) is 5.42. The van der Waals surface area contributed by atoms with Crippen LogP contribution in [0.3, 0.4) is 0 Å². The predicted octanol–water partition coefficient (Wildman–Crippen LogP) is 2.17. The van der Waals surface area contributed by atoms with E-state index in [1.165, 1.54) is 29.2 Å².